The number of aryl methyl sites for hydroxylation is 1. The number of hydrogen-bond acceptors (Lipinski definition) is 7. The van der Waals surface area contributed by atoms with E-state index in [0.717, 1.165) is 40.2 Å². The van der Waals surface area contributed by atoms with Gasteiger partial charge in [-0.2, -0.15) is 0 Å². The molecular weight excluding hydrogens is 418 g/mol. The summed E-state index contributed by atoms with van der Waals surface area (Å²) in [6.07, 6.45) is 2.32. The monoisotopic (exact) mass is 439 g/mol. The number of aromatic nitrogens is 7. The Bertz CT molecular complexity index is 1420. The van der Waals surface area contributed by atoms with E-state index < -0.39 is 5.91 Å². The lowest BCUT2D eigenvalue weighted by molar-refractivity contribution is 0.0990. The van der Waals surface area contributed by atoms with Crippen molar-refractivity contribution in [2.45, 2.75) is 19.9 Å². The molecule has 3 aromatic heterocycles. The Hall–Kier alpha value is -4.60. The lowest BCUT2D eigenvalue weighted by Crippen LogP contribution is -2.17. The Morgan fingerprint density at radius 2 is 1.91 bits per heavy atom. The first kappa shape index (κ1) is 20.3. The minimum absolute atomic E-state index is 0.150. The lowest BCUT2D eigenvalue weighted by Gasteiger charge is -2.13. The number of imidazole rings is 1. The Balaban J connectivity index is 1.41. The maximum atomic E-state index is 11.8. The van der Waals surface area contributed by atoms with Gasteiger partial charge in [0, 0.05) is 23.9 Å². The molecule has 1 amide bonds. The van der Waals surface area contributed by atoms with Gasteiger partial charge >= 0.3 is 0 Å². The van der Waals surface area contributed by atoms with Gasteiger partial charge in [-0.3, -0.25) is 9.20 Å². The highest BCUT2D eigenvalue weighted by atomic mass is 16.1. The van der Waals surface area contributed by atoms with Gasteiger partial charge in [0.15, 0.2) is 11.5 Å². The highest BCUT2D eigenvalue weighted by molar-refractivity contribution is 5.90. The van der Waals surface area contributed by atoms with E-state index in [-0.39, 0.29) is 5.82 Å². The fraction of sp³-hybridized carbons (Fsp3) is 0.130. The molecule has 2 aromatic carbocycles. The van der Waals surface area contributed by atoms with E-state index in [1.165, 1.54) is 0 Å². The van der Waals surface area contributed by atoms with Crippen LogP contribution in [0.1, 0.15) is 28.8 Å². The number of nitrogens with one attached hydrogen (secondary N) is 2. The zero-order valence-corrected chi connectivity index (χ0v) is 17.9. The number of rotatable bonds is 7. The first-order chi connectivity index (χ1) is 16.1. The van der Waals surface area contributed by atoms with Crippen molar-refractivity contribution in [1.29, 1.82) is 0 Å². The van der Waals surface area contributed by atoms with Crippen molar-refractivity contribution < 1.29 is 4.79 Å². The van der Waals surface area contributed by atoms with Gasteiger partial charge in [0.1, 0.15) is 5.82 Å². The van der Waals surface area contributed by atoms with Crippen molar-refractivity contribution in [2.24, 2.45) is 5.73 Å². The number of fused-ring (bicyclic) bond motifs is 1. The van der Waals surface area contributed by atoms with Crippen molar-refractivity contribution in [1.82, 2.24) is 35.0 Å². The minimum Gasteiger partial charge on any atom is -0.367 e. The van der Waals surface area contributed by atoms with Crippen LogP contribution in [0.2, 0.25) is 0 Å². The molecule has 0 fully saturated rings. The van der Waals surface area contributed by atoms with E-state index in [2.05, 4.69) is 60.2 Å². The van der Waals surface area contributed by atoms with Crippen molar-refractivity contribution in [3.05, 3.63) is 77.9 Å². The standard InChI is InChI=1S/C23H21N9O/c1-2-16-11-19(32-20(27-16)13-26-23(32)21(24)33)25-12-14-7-9-15(10-8-14)17-5-3-4-6-18(17)22-28-30-31-29-22/h3-11,13,25H,2,12H2,1H3,(H2,24,33)(H,28,29,30,31). The second-order valence-corrected chi connectivity index (χ2v) is 7.47. The van der Waals surface area contributed by atoms with E-state index in [1.54, 1.807) is 10.6 Å². The minimum atomic E-state index is -0.603. The molecule has 0 aliphatic rings. The third-order valence-electron chi connectivity index (χ3n) is 5.39. The zero-order chi connectivity index (χ0) is 22.8. The molecule has 10 heteroatoms. The quantitative estimate of drug-likeness (QED) is 0.354. The van der Waals surface area contributed by atoms with Crippen LogP contribution >= 0.6 is 0 Å². The van der Waals surface area contributed by atoms with Gasteiger partial charge in [0.25, 0.3) is 5.91 Å². The molecule has 0 radical (unpaired) electrons. The molecule has 0 spiro atoms. The molecule has 4 N–H and O–H groups in total. The maximum Gasteiger partial charge on any atom is 0.285 e. The van der Waals surface area contributed by atoms with E-state index in [1.807, 2.05) is 37.3 Å². The van der Waals surface area contributed by atoms with Crippen molar-refractivity contribution in [3.63, 3.8) is 0 Å². The number of carbonyl (C=O) groups is 1. The molecule has 0 aliphatic carbocycles. The summed E-state index contributed by atoms with van der Waals surface area (Å²) in [5, 5.41) is 17.6. The van der Waals surface area contributed by atoms with Gasteiger partial charge in [-0.25, -0.2) is 15.1 Å². The first-order valence-corrected chi connectivity index (χ1v) is 10.5. The summed E-state index contributed by atoms with van der Waals surface area (Å²) in [5.41, 5.74) is 11.1. The summed E-state index contributed by atoms with van der Waals surface area (Å²) >= 11 is 0. The molecule has 0 aliphatic heterocycles. The van der Waals surface area contributed by atoms with Crippen molar-refractivity contribution in [3.8, 4) is 22.5 Å². The largest absolute Gasteiger partial charge is 0.367 e. The van der Waals surface area contributed by atoms with Crippen LogP contribution in [0, 0.1) is 0 Å². The molecule has 10 nitrogen and oxygen atoms in total. The number of tetrazole rings is 1. The number of carbonyl (C=O) groups excluding carboxylic acids is 1. The maximum absolute atomic E-state index is 11.8. The fourth-order valence-electron chi connectivity index (χ4n) is 3.76. The third-order valence-corrected chi connectivity index (χ3v) is 5.39. The molecular formula is C23H21N9O. The molecule has 164 valence electrons. The number of amides is 1. The average Bonchev–Trinajstić information content (AvgIpc) is 3.53. The molecule has 5 aromatic rings. The number of nitrogens with zero attached hydrogens (tertiary/aromatic N) is 6. The highest BCUT2D eigenvalue weighted by Gasteiger charge is 2.15. The summed E-state index contributed by atoms with van der Waals surface area (Å²) in [6.45, 7) is 2.58. The summed E-state index contributed by atoms with van der Waals surface area (Å²) < 4.78 is 1.65. The highest BCUT2D eigenvalue weighted by Crippen LogP contribution is 2.29. The Labute approximate surface area is 188 Å². The van der Waals surface area contributed by atoms with Gasteiger partial charge in [0.2, 0.25) is 5.82 Å². The van der Waals surface area contributed by atoms with E-state index in [0.29, 0.717) is 18.0 Å². The van der Waals surface area contributed by atoms with Crippen LogP contribution in [0.5, 0.6) is 0 Å². The first-order valence-electron chi connectivity index (χ1n) is 10.5. The predicted octanol–water partition coefficient (Wildman–Crippen LogP) is 2.85. The van der Waals surface area contributed by atoms with Crippen molar-refractivity contribution >= 4 is 17.4 Å². The molecule has 33 heavy (non-hydrogen) atoms. The predicted molar refractivity (Wildman–Crippen MR) is 123 cm³/mol. The Kier molecular flexibility index (Phi) is 5.23. The summed E-state index contributed by atoms with van der Waals surface area (Å²) in [4.78, 5) is 20.5. The normalized spacial score (nSPS) is 11.1. The van der Waals surface area contributed by atoms with E-state index >= 15 is 0 Å². The van der Waals surface area contributed by atoms with Gasteiger partial charge in [-0.05, 0) is 33.5 Å². The SMILES string of the molecule is CCc1cc(NCc2ccc(-c3ccccc3-c3nnn[nH]3)cc2)n2c(C(N)=O)ncc2n1. The summed E-state index contributed by atoms with van der Waals surface area (Å²) in [5.74, 6) is 0.886. The number of hydrogen-bond donors (Lipinski definition) is 3. The second kappa shape index (κ2) is 8.50. The molecule has 0 saturated carbocycles. The third kappa shape index (κ3) is 3.89. The molecule has 5 rings (SSSR count). The van der Waals surface area contributed by atoms with E-state index in [9.17, 15) is 4.79 Å². The molecule has 0 saturated heterocycles. The Morgan fingerprint density at radius 1 is 1.12 bits per heavy atom. The van der Waals surface area contributed by atoms with Gasteiger partial charge < -0.3 is 11.1 Å². The fourth-order valence-corrected chi connectivity index (χ4v) is 3.76. The van der Waals surface area contributed by atoms with Crippen LogP contribution in [0.3, 0.4) is 0 Å². The van der Waals surface area contributed by atoms with Crippen LogP contribution < -0.4 is 11.1 Å². The number of H-pyrrole nitrogens is 1. The second-order valence-electron chi connectivity index (χ2n) is 7.47. The number of anilines is 1. The number of aromatic amines is 1. The van der Waals surface area contributed by atoms with Gasteiger partial charge in [0.05, 0.1) is 6.20 Å². The molecule has 0 unspecified atom stereocenters. The smallest absolute Gasteiger partial charge is 0.285 e. The van der Waals surface area contributed by atoms with Crippen LogP contribution in [-0.2, 0) is 13.0 Å². The summed E-state index contributed by atoms with van der Waals surface area (Å²) in [7, 11) is 0. The Morgan fingerprint density at radius 3 is 2.61 bits per heavy atom. The van der Waals surface area contributed by atoms with Gasteiger partial charge in [-0.1, -0.05) is 55.5 Å². The van der Waals surface area contributed by atoms with Crippen molar-refractivity contribution in [2.75, 3.05) is 5.32 Å². The molecule has 3 heterocycles. The average molecular weight is 439 g/mol. The number of nitrogens with two attached hydrogens (primary N) is 1. The molecule has 0 atom stereocenters. The number of benzene rings is 2. The number of primary amides is 1. The lowest BCUT2D eigenvalue weighted by atomic mass is 9.98. The van der Waals surface area contributed by atoms with E-state index in [4.69, 9.17) is 5.73 Å². The van der Waals surface area contributed by atoms with Crippen LogP contribution in [0.4, 0.5) is 5.82 Å². The molecule has 0 bridgehead atoms. The topological polar surface area (TPSA) is 140 Å². The summed E-state index contributed by atoms with van der Waals surface area (Å²) in [6, 6.07) is 18.1. The van der Waals surface area contributed by atoms with Crippen LogP contribution in [0.15, 0.2) is 60.8 Å². The van der Waals surface area contributed by atoms with Gasteiger partial charge in [-0.15, -0.1) is 5.10 Å². The zero-order valence-electron chi connectivity index (χ0n) is 17.9. The van der Waals surface area contributed by atoms with Crippen LogP contribution in [0.25, 0.3) is 28.2 Å². The van der Waals surface area contributed by atoms with Crippen LogP contribution in [-0.4, -0.2) is 40.9 Å².